The van der Waals surface area contributed by atoms with Crippen LogP contribution >= 0.6 is 11.3 Å². The summed E-state index contributed by atoms with van der Waals surface area (Å²) >= 11 is 1.17. The van der Waals surface area contributed by atoms with Crippen LogP contribution in [0, 0.1) is 5.82 Å². The van der Waals surface area contributed by atoms with Crippen LogP contribution in [0.5, 0.6) is 11.5 Å². The molecule has 1 N–H and O–H groups in total. The summed E-state index contributed by atoms with van der Waals surface area (Å²) in [6, 6.07) is 16.4. The van der Waals surface area contributed by atoms with Crippen LogP contribution in [0.1, 0.15) is 30.5 Å². The van der Waals surface area contributed by atoms with Gasteiger partial charge in [0.1, 0.15) is 29.1 Å². The Balaban J connectivity index is 1.66. The summed E-state index contributed by atoms with van der Waals surface area (Å²) in [5, 5.41) is 11.5. The van der Waals surface area contributed by atoms with Crippen molar-refractivity contribution in [3.8, 4) is 11.5 Å². The lowest BCUT2D eigenvalue weighted by Crippen LogP contribution is -2.29. The van der Waals surface area contributed by atoms with E-state index < -0.39 is 29.3 Å². The molecule has 1 aromatic heterocycles. The molecule has 1 amide bonds. The highest BCUT2D eigenvalue weighted by molar-refractivity contribution is 7.22. The predicted octanol–water partition coefficient (Wildman–Crippen LogP) is 5.86. The fourth-order valence-corrected chi connectivity index (χ4v) is 5.25. The lowest BCUT2D eigenvalue weighted by molar-refractivity contribution is -0.132. The van der Waals surface area contributed by atoms with Crippen LogP contribution in [-0.4, -0.2) is 35.5 Å². The fourth-order valence-electron chi connectivity index (χ4n) is 4.23. The molecule has 37 heavy (non-hydrogen) atoms. The van der Waals surface area contributed by atoms with Crippen LogP contribution in [0.2, 0.25) is 0 Å². The third-order valence-electron chi connectivity index (χ3n) is 6.04. The number of anilines is 1. The van der Waals surface area contributed by atoms with E-state index in [2.05, 4.69) is 4.98 Å². The van der Waals surface area contributed by atoms with Crippen molar-refractivity contribution < 1.29 is 28.6 Å². The van der Waals surface area contributed by atoms with Crippen LogP contribution in [0.4, 0.5) is 9.52 Å². The number of hydrogen-bond donors (Lipinski definition) is 1. The number of Topliss-reactive ketones (excluding diaryl/α,β-unsaturated/α-hetero) is 1. The molecule has 7 nitrogen and oxygen atoms in total. The van der Waals surface area contributed by atoms with E-state index in [9.17, 15) is 14.7 Å². The van der Waals surface area contributed by atoms with Crippen molar-refractivity contribution in [1.29, 1.82) is 0 Å². The highest BCUT2D eigenvalue weighted by atomic mass is 32.1. The summed E-state index contributed by atoms with van der Waals surface area (Å²) in [5.41, 5.74) is 0.757. The van der Waals surface area contributed by atoms with Gasteiger partial charge in [0.05, 0.1) is 29.5 Å². The quantitative estimate of drug-likeness (QED) is 0.187. The zero-order valence-corrected chi connectivity index (χ0v) is 20.9. The second kappa shape index (κ2) is 10.0. The van der Waals surface area contributed by atoms with Crippen molar-refractivity contribution >= 4 is 44.1 Å². The maximum atomic E-state index is 15.1. The number of rotatable bonds is 7. The molecule has 0 bridgehead atoms. The van der Waals surface area contributed by atoms with Crippen molar-refractivity contribution in [2.24, 2.45) is 0 Å². The molecule has 1 aliphatic heterocycles. The smallest absolute Gasteiger partial charge is 0.301 e. The first-order chi connectivity index (χ1) is 17.9. The van der Waals surface area contributed by atoms with Gasteiger partial charge in [0, 0.05) is 11.1 Å². The summed E-state index contributed by atoms with van der Waals surface area (Å²) < 4.78 is 26.7. The first-order valence-corrected chi connectivity index (χ1v) is 12.5. The largest absolute Gasteiger partial charge is 0.507 e. The third-order valence-corrected chi connectivity index (χ3v) is 7.05. The molecular weight excluding hydrogens is 495 g/mol. The molecule has 3 aromatic carbocycles. The number of thiazole rings is 1. The van der Waals surface area contributed by atoms with Gasteiger partial charge in [0.25, 0.3) is 5.78 Å². The predicted molar refractivity (Wildman–Crippen MR) is 140 cm³/mol. The van der Waals surface area contributed by atoms with Gasteiger partial charge in [-0.25, -0.2) is 9.37 Å². The number of halogens is 1. The number of methoxy groups -OCH3 is 1. The normalized spacial score (nSPS) is 16.9. The van der Waals surface area contributed by atoms with Crippen LogP contribution in [0.25, 0.3) is 16.0 Å². The number of aliphatic hydroxyl groups is 1. The fraction of sp³-hybridized carbons (Fsp3) is 0.179. The second-order valence-corrected chi connectivity index (χ2v) is 9.40. The molecule has 1 fully saturated rings. The minimum Gasteiger partial charge on any atom is -0.507 e. The maximum Gasteiger partial charge on any atom is 0.301 e. The number of aromatic nitrogens is 1. The van der Waals surface area contributed by atoms with Gasteiger partial charge in [-0.3, -0.25) is 14.5 Å². The van der Waals surface area contributed by atoms with E-state index in [4.69, 9.17) is 9.47 Å². The average molecular weight is 519 g/mol. The second-order valence-electron chi connectivity index (χ2n) is 8.39. The first-order valence-electron chi connectivity index (χ1n) is 11.7. The van der Waals surface area contributed by atoms with Gasteiger partial charge in [-0.15, -0.1) is 0 Å². The summed E-state index contributed by atoms with van der Waals surface area (Å²) in [7, 11) is 1.54. The Morgan fingerprint density at radius 1 is 1.08 bits per heavy atom. The minimum atomic E-state index is -1.21. The molecule has 9 heteroatoms. The van der Waals surface area contributed by atoms with Gasteiger partial charge in [-0.1, -0.05) is 36.5 Å². The summed E-state index contributed by atoms with van der Waals surface area (Å²) in [6.07, 6.45) is 0.840. The van der Waals surface area contributed by atoms with E-state index in [1.807, 2.05) is 6.92 Å². The highest BCUT2D eigenvalue weighted by Crippen LogP contribution is 2.45. The Hall–Kier alpha value is -4.24. The molecule has 0 spiro atoms. The number of aliphatic hydroxyl groups excluding tert-OH is 1. The summed E-state index contributed by atoms with van der Waals surface area (Å²) in [6.45, 7) is 2.53. The van der Waals surface area contributed by atoms with Crippen LogP contribution < -0.4 is 14.4 Å². The zero-order chi connectivity index (χ0) is 26.1. The number of carbonyl (C=O) groups is 2. The molecule has 1 aliphatic rings. The number of hydrogen-bond acceptors (Lipinski definition) is 7. The maximum absolute atomic E-state index is 15.1. The zero-order valence-electron chi connectivity index (χ0n) is 20.1. The van der Waals surface area contributed by atoms with Gasteiger partial charge in [-0.05, 0) is 55.0 Å². The van der Waals surface area contributed by atoms with Crippen molar-refractivity contribution in [3.05, 3.63) is 89.2 Å². The lowest BCUT2D eigenvalue weighted by Gasteiger charge is -2.23. The minimum absolute atomic E-state index is 0.0722. The van der Waals surface area contributed by atoms with Crippen molar-refractivity contribution in [2.45, 2.75) is 19.4 Å². The van der Waals surface area contributed by atoms with Crippen molar-refractivity contribution in [3.63, 3.8) is 0 Å². The molecule has 4 aromatic rings. The molecule has 2 heterocycles. The van der Waals surface area contributed by atoms with E-state index >= 15 is 4.39 Å². The molecular formula is C28H23FN2O5S. The van der Waals surface area contributed by atoms with Crippen molar-refractivity contribution in [2.75, 3.05) is 18.6 Å². The van der Waals surface area contributed by atoms with E-state index in [0.29, 0.717) is 29.2 Å². The Morgan fingerprint density at radius 2 is 1.81 bits per heavy atom. The molecule has 5 rings (SSSR count). The Labute approximate surface area is 216 Å². The number of nitrogens with zero attached hydrogens (tertiary/aromatic N) is 2. The van der Waals surface area contributed by atoms with Gasteiger partial charge in [0.15, 0.2) is 5.13 Å². The molecule has 1 saturated heterocycles. The number of ketones is 1. The number of carbonyl (C=O) groups excluding carboxylic acids is 2. The summed E-state index contributed by atoms with van der Waals surface area (Å²) in [5.74, 6) is -1.62. The average Bonchev–Trinajstić information content (AvgIpc) is 3.45. The Bertz CT molecular complexity index is 1530. The Kier molecular flexibility index (Phi) is 6.62. The van der Waals surface area contributed by atoms with Gasteiger partial charge in [-0.2, -0.15) is 0 Å². The summed E-state index contributed by atoms with van der Waals surface area (Å²) in [4.78, 5) is 32.4. The van der Waals surface area contributed by atoms with Gasteiger partial charge < -0.3 is 14.6 Å². The molecule has 0 saturated carbocycles. The monoisotopic (exact) mass is 518 g/mol. The van der Waals surface area contributed by atoms with Crippen molar-refractivity contribution in [1.82, 2.24) is 4.98 Å². The SMILES string of the molecule is CCCOc1ccc(C(O)=C2C(=O)C(=O)N(c3nc4ccc(OC)cc4s3)C2c2ccccc2F)cc1. The number of amides is 1. The molecule has 0 radical (unpaired) electrons. The van der Waals surface area contributed by atoms with Crippen LogP contribution in [0.3, 0.4) is 0 Å². The first kappa shape index (κ1) is 24.5. The van der Waals surface area contributed by atoms with E-state index in [1.165, 1.54) is 29.5 Å². The van der Waals surface area contributed by atoms with Gasteiger partial charge >= 0.3 is 5.91 Å². The highest BCUT2D eigenvalue weighted by Gasteiger charge is 2.49. The van der Waals surface area contributed by atoms with Crippen LogP contribution in [-0.2, 0) is 9.59 Å². The number of ether oxygens (including phenoxy) is 2. The Morgan fingerprint density at radius 3 is 2.51 bits per heavy atom. The number of benzene rings is 3. The topological polar surface area (TPSA) is 89.0 Å². The van der Waals surface area contributed by atoms with E-state index in [-0.39, 0.29) is 16.3 Å². The third kappa shape index (κ3) is 4.42. The molecule has 1 atom stereocenters. The molecule has 1 unspecified atom stereocenters. The number of fused-ring (bicyclic) bond motifs is 1. The molecule has 188 valence electrons. The van der Waals surface area contributed by atoms with Gasteiger partial charge in [0.2, 0.25) is 0 Å². The standard InChI is InChI=1S/C28H23FN2O5S/c1-3-14-36-17-10-8-16(9-11-17)25(32)23-24(19-6-4-5-7-20(19)29)31(27(34)26(23)33)28-30-21-13-12-18(35-2)15-22(21)37-28/h4-13,15,24,32H,3,14H2,1-2H3. The van der Waals surface area contributed by atoms with E-state index in [0.717, 1.165) is 16.0 Å². The van der Waals surface area contributed by atoms with Crippen LogP contribution in [0.15, 0.2) is 72.3 Å². The lowest BCUT2D eigenvalue weighted by atomic mass is 9.95. The molecule has 0 aliphatic carbocycles. The van der Waals surface area contributed by atoms with E-state index in [1.54, 1.807) is 55.6 Å².